The number of amides is 1. The van der Waals surface area contributed by atoms with E-state index in [1.807, 2.05) is 47.0 Å². The molecular formula is C20H20ClNO3S. The third-order valence-corrected chi connectivity index (χ3v) is 6.31. The van der Waals surface area contributed by atoms with Gasteiger partial charge in [-0.25, -0.2) is 0 Å². The van der Waals surface area contributed by atoms with Gasteiger partial charge < -0.3 is 14.4 Å². The maximum atomic E-state index is 12.6. The van der Waals surface area contributed by atoms with E-state index in [0.29, 0.717) is 23.5 Å². The number of benzene rings is 2. The Hall–Kier alpha value is -1.85. The van der Waals surface area contributed by atoms with Gasteiger partial charge in [0.15, 0.2) is 11.5 Å². The quantitative estimate of drug-likeness (QED) is 0.783. The Kier molecular flexibility index (Phi) is 5.27. The Balaban J connectivity index is 1.38. The highest BCUT2D eigenvalue weighted by atomic mass is 35.5. The van der Waals surface area contributed by atoms with E-state index in [9.17, 15) is 4.79 Å². The van der Waals surface area contributed by atoms with E-state index in [4.69, 9.17) is 21.1 Å². The number of hydrogen-bond donors (Lipinski definition) is 0. The standard InChI is InChI=1S/C20H20ClNO3S/c21-16-4-1-14(2-5-16)11-20(23)22-8-7-19(26-10-9-22)15-3-6-17-18(12-15)25-13-24-17/h1-6,12,19H,7-11,13H2. The molecule has 6 heteroatoms. The fourth-order valence-corrected chi connectivity index (χ4v) is 4.64. The minimum Gasteiger partial charge on any atom is -0.454 e. The SMILES string of the molecule is O=C(Cc1ccc(Cl)cc1)N1CCSC(c2ccc3c(c2)OCO3)CC1. The highest BCUT2D eigenvalue weighted by molar-refractivity contribution is 7.99. The summed E-state index contributed by atoms with van der Waals surface area (Å²) in [6.45, 7) is 1.86. The summed E-state index contributed by atoms with van der Waals surface area (Å²) in [5.41, 5.74) is 2.25. The van der Waals surface area contributed by atoms with Crippen LogP contribution >= 0.6 is 23.4 Å². The van der Waals surface area contributed by atoms with Crippen LogP contribution in [-0.4, -0.2) is 36.4 Å². The van der Waals surface area contributed by atoms with Crippen LogP contribution in [0.1, 0.15) is 22.8 Å². The van der Waals surface area contributed by atoms with Crippen LogP contribution in [0.2, 0.25) is 5.02 Å². The molecule has 0 N–H and O–H groups in total. The number of carbonyl (C=O) groups is 1. The summed E-state index contributed by atoms with van der Waals surface area (Å²) in [4.78, 5) is 14.6. The first kappa shape index (κ1) is 17.6. The highest BCUT2D eigenvalue weighted by Gasteiger charge is 2.24. The van der Waals surface area contributed by atoms with Gasteiger partial charge in [-0.2, -0.15) is 11.8 Å². The van der Waals surface area contributed by atoms with Gasteiger partial charge in [0.25, 0.3) is 0 Å². The molecule has 1 fully saturated rings. The molecule has 2 heterocycles. The number of carbonyl (C=O) groups excluding carboxylic acids is 1. The summed E-state index contributed by atoms with van der Waals surface area (Å²) in [6, 6.07) is 13.7. The molecule has 0 aromatic heterocycles. The van der Waals surface area contributed by atoms with Gasteiger partial charge in [0, 0.05) is 29.1 Å². The number of rotatable bonds is 3. The van der Waals surface area contributed by atoms with Gasteiger partial charge in [-0.3, -0.25) is 4.79 Å². The van der Waals surface area contributed by atoms with Crippen LogP contribution in [-0.2, 0) is 11.2 Å². The van der Waals surface area contributed by atoms with E-state index in [0.717, 1.165) is 42.3 Å². The molecule has 136 valence electrons. The minimum absolute atomic E-state index is 0.180. The lowest BCUT2D eigenvalue weighted by atomic mass is 10.1. The molecule has 2 aromatic carbocycles. The first-order chi connectivity index (χ1) is 12.7. The van der Waals surface area contributed by atoms with E-state index in [1.54, 1.807) is 0 Å². The van der Waals surface area contributed by atoms with Gasteiger partial charge in [0.1, 0.15) is 0 Å². The normalized spacial score (nSPS) is 19.3. The van der Waals surface area contributed by atoms with Crippen molar-refractivity contribution in [2.45, 2.75) is 18.1 Å². The molecule has 4 rings (SSSR count). The summed E-state index contributed by atoms with van der Waals surface area (Å²) in [5, 5.41) is 1.07. The van der Waals surface area contributed by atoms with Crippen molar-refractivity contribution in [1.82, 2.24) is 4.90 Å². The molecule has 2 aliphatic heterocycles. The van der Waals surface area contributed by atoms with Crippen molar-refractivity contribution in [1.29, 1.82) is 0 Å². The first-order valence-corrected chi connectivity index (χ1v) is 10.1. The lowest BCUT2D eigenvalue weighted by molar-refractivity contribution is -0.130. The van der Waals surface area contributed by atoms with Gasteiger partial charge in [-0.1, -0.05) is 29.8 Å². The van der Waals surface area contributed by atoms with E-state index in [2.05, 4.69) is 12.1 Å². The molecule has 0 saturated carbocycles. The van der Waals surface area contributed by atoms with Crippen molar-refractivity contribution in [2.24, 2.45) is 0 Å². The molecule has 4 nitrogen and oxygen atoms in total. The molecule has 26 heavy (non-hydrogen) atoms. The zero-order valence-electron chi connectivity index (χ0n) is 14.3. The summed E-state index contributed by atoms with van der Waals surface area (Å²) in [6.07, 6.45) is 1.37. The van der Waals surface area contributed by atoms with Crippen LogP contribution in [0.4, 0.5) is 0 Å². The van der Waals surface area contributed by atoms with Crippen molar-refractivity contribution in [3.63, 3.8) is 0 Å². The molecule has 0 radical (unpaired) electrons. The van der Waals surface area contributed by atoms with Crippen molar-refractivity contribution < 1.29 is 14.3 Å². The van der Waals surface area contributed by atoms with Crippen LogP contribution in [0, 0.1) is 0 Å². The predicted molar refractivity (Wildman–Crippen MR) is 104 cm³/mol. The monoisotopic (exact) mass is 389 g/mol. The summed E-state index contributed by atoms with van der Waals surface area (Å²) >= 11 is 7.82. The van der Waals surface area contributed by atoms with E-state index >= 15 is 0 Å². The minimum atomic E-state index is 0.180. The summed E-state index contributed by atoms with van der Waals surface area (Å²) in [5.74, 6) is 2.75. The van der Waals surface area contributed by atoms with Gasteiger partial charge >= 0.3 is 0 Å². The van der Waals surface area contributed by atoms with Gasteiger partial charge in [-0.15, -0.1) is 0 Å². The molecule has 1 saturated heterocycles. The zero-order valence-corrected chi connectivity index (χ0v) is 15.9. The van der Waals surface area contributed by atoms with Gasteiger partial charge in [-0.05, 0) is 41.8 Å². The van der Waals surface area contributed by atoms with E-state index < -0.39 is 0 Å². The first-order valence-electron chi connectivity index (χ1n) is 8.72. The second kappa shape index (κ2) is 7.80. The molecule has 1 amide bonds. The third kappa shape index (κ3) is 3.94. The molecule has 0 spiro atoms. The van der Waals surface area contributed by atoms with Crippen molar-refractivity contribution in [2.75, 3.05) is 25.6 Å². The van der Waals surface area contributed by atoms with Crippen molar-refractivity contribution in [3.8, 4) is 11.5 Å². The molecule has 2 aromatic rings. The van der Waals surface area contributed by atoms with Crippen LogP contribution in [0.5, 0.6) is 11.5 Å². The second-order valence-electron chi connectivity index (χ2n) is 6.44. The Bertz CT molecular complexity index is 796. The van der Waals surface area contributed by atoms with Gasteiger partial charge in [0.2, 0.25) is 12.7 Å². The average molecular weight is 390 g/mol. The fraction of sp³-hybridized carbons (Fsp3) is 0.350. The Morgan fingerprint density at radius 3 is 2.77 bits per heavy atom. The van der Waals surface area contributed by atoms with Crippen LogP contribution in [0.3, 0.4) is 0 Å². The molecule has 2 aliphatic rings. The highest BCUT2D eigenvalue weighted by Crippen LogP contribution is 2.40. The number of thioether (sulfide) groups is 1. The molecular weight excluding hydrogens is 370 g/mol. The number of ether oxygens (including phenoxy) is 2. The maximum absolute atomic E-state index is 12.6. The van der Waals surface area contributed by atoms with Gasteiger partial charge in [0.05, 0.1) is 6.42 Å². The number of fused-ring (bicyclic) bond motifs is 1. The van der Waals surface area contributed by atoms with Crippen molar-refractivity contribution >= 4 is 29.3 Å². The lowest BCUT2D eigenvalue weighted by Crippen LogP contribution is -2.34. The van der Waals surface area contributed by atoms with E-state index in [1.165, 1.54) is 5.56 Å². The summed E-state index contributed by atoms with van der Waals surface area (Å²) < 4.78 is 10.9. The maximum Gasteiger partial charge on any atom is 0.231 e. The Labute approximate surface area is 162 Å². The summed E-state index contributed by atoms with van der Waals surface area (Å²) in [7, 11) is 0. The smallest absolute Gasteiger partial charge is 0.231 e. The Morgan fingerprint density at radius 2 is 1.92 bits per heavy atom. The van der Waals surface area contributed by atoms with Crippen LogP contribution in [0.25, 0.3) is 0 Å². The lowest BCUT2D eigenvalue weighted by Gasteiger charge is -2.20. The molecule has 1 atom stereocenters. The predicted octanol–water partition coefficient (Wildman–Crippen LogP) is 4.32. The zero-order chi connectivity index (χ0) is 17.9. The topological polar surface area (TPSA) is 38.8 Å². The van der Waals surface area contributed by atoms with E-state index in [-0.39, 0.29) is 5.91 Å². The average Bonchev–Trinajstić information content (AvgIpc) is 2.98. The molecule has 0 aliphatic carbocycles. The van der Waals surface area contributed by atoms with Crippen molar-refractivity contribution in [3.05, 3.63) is 58.6 Å². The Morgan fingerprint density at radius 1 is 1.12 bits per heavy atom. The second-order valence-corrected chi connectivity index (χ2v) is 8.19. The number of nitrogens with zero attached hydrogens (tertiary/aromatic N) is 1. The molecule has 1 unspecified atom stereocenters. The fourth-order valence-electron chi connectivity index (χ4n) is 3.29. The number of halogens is 1. The van der Waals surface area contributed by atoms with Crippen LogP contribution in [0.15, 0.2) is 42.5 Å². The molecule has 0 bridgehead atoms. The van der Waals surface area contributed by atoms with Crippen LogP contribution < -0.4 is 9.47 Å². The number of hydrogen-bond acceptors (Lipinski definition) is 4. The largest absolute Gasteiger partial charge is 0.454 e. The third-order valence-electron chi connectivity index (χ3n) is 4.73.